The number of rotatable bonds is 4. The van der Waals surface area contributed by atoms with Gasteiger partial charge in [0.15, 0.2) is 15.8 Å². The monoisotopic (exact) mass is 363 g/mol. The Bertz CT molecular complexity index is 677. The summed E-state index contributed by atoms with van der Waals surface area (Å²) in [5.74, 6) is 0.780. The Morgan fingerprint density at radius 1 is 1.50 bits per heavy atom. The summed E-state index contributed by atoms with van der Waals surface area (Å²) in [4.78, 5) is 4.23. The maximum absolute atomic E-state index is 11.4. The third-order valence-electron chi connectivity index (χ3n) is 3.64. The minimum Gasteiger partial charge on any atom is -0.370 e. The fraction of sp³-hybridized carbons (Fsp3) is 0.500. The largest absolute Gasteiger partial charge is 0.370 e. The quantitative estimate of drug-likeness (QED) is 0.635. The zero-order valence-corrected chi connectivity index (χ0v) is 14.5. The first kappa shape index (κ1) is 17.4. The Balaban J connectivity index is 1.93. The first-order valence-corrected chi connectivity index (χ1v) is 9.56. The molecule has 3 N–H and O–H groups in total. The minimum atomic E-state index is -2.88. The van der Waals surface area contributed by atoms with Crippen molar-refractivity contribution in [1.29, 1.82) is 0 Å². The van der Waals surface area contributed by atoms with Gasteiger partial charge in [-0.05, 0) is 37.0 Å². The predicted octanol–water partition coefficient (Wildman–Crippen LogP) is 2.39. The maximum atomic E-state index is 11.4. The van der Waals surface area contributed by atoms with Gasteiger partial charge in [0, 0.05) is 16.6 Å². The molecule has 1 heterocycles. The number of halogens is 2. The smallest absolute Gasteiger partial charge is 0.189 e. The predicted molar refractivity (Wildman–Crippen MR) is 91.3 cm³/mol. The third-order valence-corrected chi connectivity index (χ3v) is 6.04. The molecule has 5 nitrogen and oxygen atoms in total. The van der Waals surface area contributed by atoms with Gasteiger partial charge in [0.2, 0.25) is 0 Å². The van der Waals surface area contributed by atoms with Crippen molar-refractivity contribution in [3.05, 3.63) is 33.8 Å². The number of nitrogens with zero attached hydrogens (tertiary/aromatic N) is 1. The Morgan fingerprint density at radius 2 is 2.23 bits per heavy atom. The summed E-state index contributed by atoms with van der Waals surface area (Å²) >= 11 is 12.0. The fourth-order valence-corrected chi connectivity index (χ4v) is 4.86. The van der Waals surface area contributed by atoms with Gasteiger partial charge in [-0.15, -0.1) is 0 Å². The molecule has 1 aliphatic heterocycles. The van der Waals surface area contributed by atoms with Crippen LogP contribution < -0.4 is 11.1 Å². The van der Waals surface area contributed by atoms with E-state index in [0.717, 1.165) is 5.56 Å². The van der Waals surface area contributed by atoms with Crippen LogP contribution in [0.3, 0.4) is 0 Å². The van der Waals surface area contributed by atoms with E-state index in [1.54, 1.807) is 12.1 Å². The average molecular weight is 364 g/mol. The van der Waals surface area contributed by atoms with Crippen molar-refractivity contribution in [2.24, 2.45) is 16.6 Å². The summed E-state index contributed by atoms with van der Waals surface area (Å²) in [5.41, 5.74) is 6.73. The highest BCUT2D eigenvalue weighted by atomic mass is 35.5. The number of benzene rings is 1. The molecule has 22 heavy (non-hydrogen) atoms. The van der Waals surface area contributed by atoms with Crippen molar-refractivity contribution < 1.29 is 8.42 Å². The molecule has 8 heteroatoms. The van der Waals surface area contributed by atoms with Crippen LogP contribution >= 0.6 is 23.2 Å². The molecule has 0 spiro atoms. The van der Waals surface area contributed by atoms with Crippen LogP contribution in [0, 0.1) is 5.92 Å². The van der Waals surface area contributed by atoms with Gasteiger partial charge in [0.25, 0.3) is 0 Å². The lowest BCUT2D eigenvalue weighted by molar-refractivity contribution is 0.589. The molecule has 0 saturated carbocycles. The molecule has 0 amide bonds. The van der Waals surface area contributed by atoms with E-state index in [2.05, 4.69) is 10.3 Å². The summed E-state index contributed by atoms with van der Waals surface area (Å²) in [6.45, 7) is 2.33. The van der Waals surface area contributed by atoms with E-state index < -0.39 is 9.84 Å². The maximum Gasteiger partial charge on any atom is 0.189 e. The lowest BCUT2D eigenvalue weighted by Gasteiger charge is -2.17. The summed E-state index contributed by atoms with van der Waals surface area (Å²) < 4.78 is 22.8. The normalized spacial score (nSPS) is 22.5. The third kappa shape index (κ3) is 4.76. The molecule has 0 bridgehead atoms. The van der Waals surface area contributed by atoms with E-state index in [-0.39, 0.29) is 29.4 Å². The zero-order valence-electron chi connectivity index (χ0n) is 12.2. The van der Waals surface area contributed by atoms with Gasteiger partial charge < -0.3 is 11.1 Å². The summed E-state index contributed by atoms with van der Waals surface area (Å²) in [6, 6.07) is 5.14. The van der Waals surface area contributed by atoms with Crippen LogP contribution in [-0.2, 0) is 9.84 Å². The molecule has 2 rings (SSSR count). The molecule has 0 aromatic heterocycles. The van der Waals surface area contributed by atoms with Crippen molar-refractivity contribution in [3.8, 4) is 0 Å². The summed E-state index contributed by atoms with van der Waals surface area (Å²) in [6.07, 6.45) is 0.650. The van der Waals surface area contributed by atoms with E-state index >= 15 is 0 Å². The molecule has 1 aromatic rings. The topological polar surface area (TPSA) is 84.5 Å². The lowest BCUT2D eigenvalue weighted by Crippen LogP contribution is -2.34. The van der Waals surface area contributed by atoms with Crippen LogP contribution in [-0.4, -0.2) is 32.4 Å². The van der Waals surface area contributed by atoms with Crippen LogP contribution in [0.5, 0.6) is 0 Å². The Labute approximate surface area is 140 Å². The van der Waals surface area contributed by atoms with Crippen LogP contribution in [0.15, 0.2) is 23.2 Å². The molecule has 0 radical (unpaired) electrons. The van der Waals surface area contributed by atoms with E-state index in [1.165, 1.54) is 0 Å². The van der Waals surface area contributed by atoms with Gasteiger partial charge in [-0.25, -0.2) is 8.42 Å². The van der Waals surface area contributed by atoms with Crippen molar-refractivity contribution in [2.45, 2.75) is 19.4 Å². The zero-order chi connectivity index (χ0) is 16.3. The fourth-order valence-electron chi connectivity index (χ4n) is 2.44. The average Bonchev–Trinajstić information content (AvgIpc) is 2.76. The van der Waals surface area contributed by atoms with Crippen LogP contribution in [0.2, 0.25) is 10.0 Å². The van der Waals surface area contributed by atoms with E-state index in [9.17, 15) is 8.42 Å². The molecule has 0 aliphatic carbocycles. The van der Waals surface area contributed by atoms with Crippen molar-refractivity contribution in [2.75, 3.05) is 18.1 Å². The first-order chi connectivity index (χ1) is 10.3. The van der Waals surface area contributed by atoms with Crippen molar-refractivity contribution >= 4 is 39.0 Å². The molecule has 1 saturated heterocycles. The molecular weight excluding hydrogens is 345 g/mol. The molecule has 2 atom stereocenters. The van der Waals surface area contributed by atoms with Crippen molar-refractivity contribution in [3.63, 3.8) is 0 Å². The minimum absolute atomic E-state index is 0.0553. The lowest BCUT2D eigenvalue weighted by atomic mass is 10.1. The van der Waals surface area contributed by atoms with Crippen molar-refractivity contribution in [1.82, 2.24) is 5.32 Å². The van der Waals surface area contributed by atoms with E-state index in [4.69, 9.17) is 28.9 Å². The highest BCUT2D eigenvalue weighted by Crippen LogP contribution is 2.26. The SMILES string of the molecule is CC(NC(N)=NCC1CCS(=O)(=O)C1)c1ccc(Cl)cc1Cl. The Hall–Kier alpha value is -0.980. The van der Waals surface area contributed by atoms with Crippen LogP contribution in [0.4, 0.5) is 0 Å². The summed E-state index contributed by atoms with van der Waals surface area (Å²) in [5, 5.41) is 4.18. The highest BCUT2D eigenvalue weighted by Gasteiger charge is 2.27. The van der Waals surface area contributed by atoms with Gasteiger partial charge in [-0.1, -0.05) is 29.3 Å². The second kappa shape index (κ2) is 7.06. The molecule has 1 aromatic carbocycles. The van der Waals surface area contributed by atoms with Gasteiger partial charge in [-0.2, -0.15) is 0 Å². The molecular formula is C14H19Cl2N3O2S. The number of nitrogens with two attached hydrogens (primary N) is 1. The van der Waals surface area contributed by atoms with Gasteiger partial charge in [0.1, 0.15) is 0 Å². The first-order valence-electron chi connectivity index (χ1n) is 6.98. The standard InChI is InChI=1S/C14H19Cl2N3O2S/c1-9(12-3-2-11(15)6-13(12)16)19-14(17)18-7-10-4-5-22(20,21)8-10/h2-3,6,9-10H,4-5,7-8H2,1H3,(H3,17,18,19). The molecule has 2 unspecified atom stereocenters. The molecule has 1 fully saturated rings. The van der Waals surface area contributed by atoms with Gasteiger partial charge >= 0.3 is 0 Å². The highest BCUT2D eigenvalue weighted by molar-refractivity contribution is 7.91. The Morgan fingerprint density at radius 3 is 2.82 bits per heavy atom. The summed E-state index contributed by atoms with van der Waals surface area (Å²) in [7, 11) is -2.88. The second-order valence-corrected chi connectivity index (χ2v) is 8.60. The number of guanidine groups is 1. The molecule has 1 aliphatic rings. The number of aliphatic imine (C=N–C) groups is 1. The van der Waals surface area contributed by atoms with Crippen LogP contribution in [0.1, 0.15) is 24.9 Å². The number of nitrogens with one attached hydrogen (secondary N) is 1. The number of sulfone groups is 1. The van der Waals surface area contributed by atoms with Crippen LogP contribution in [0.25, 0.3) is 0 Å². The molecule has 122 valence electrons. The van der Waals surface area contributed by atoms with Gasteiger partial charge in [0.05, 0.1) is 17.5 Å². The Kier molecular flexibility index (Phi) is 5.58. The van der Waals surface area contributed by atoms with E-state index in [1.807, 2.05) is 13.0 Å². The number of hydrogen-bond acceptors (Lipinski definition) is 3. The van der Waals surface area contributed by atoms with E-state index in [0.29, 0.717) is 23.0 Å². The second-order valence-electron chi connectivity index (χ2n) is 5.53. The number of hydrogen-bond donors (Lipinski definition) is 2. The van der Waals surface area contributed by atoms with Gasteiger partial charge in [-0.3, -0.25) is 4.99 Å².